The number of rotatable bonds is 7. The number of hydrogen-bond acceptors (Lipinski definition) is 5. The number of hydrogen-bond donors (Lipinski definition) is 2. The maximum absolute atomic E-state index is 13.9. The monoisotopic (exact) mass is 490 g/mol. The zero-order chi connectivity index (χ0) is 25.4. The van der Waals surface area contributed by atoms with Crippen LogP contribution >= 0.6 is 0 Å². The second-order valence-electron chi connectivity index (χ2n) is 9.66. The first-order valence-electron chi connectivity index (χ1n) is 13.0. The van der Waals surface area contributed by atoms with E-state index in [0.29, 0.717) is 17.1 Å². The normalized spacial score (nSPS) is 14.3. The molecule has 0 bridgehead atoms. The number of ether oxygens (including phenoxy) is 2. The lowest BCUT2D eigenvalue weighted by atomic mass is 9.76. The highest BCUT2D eigenvalue weighted by atomic mass is 16.6. The summed E-state index contributed by atoms with van der Waals surface area (Å²) in [5.74, 6) is 1.04. The van der Waals surface area contributed by atoms with Crippen molar-refractivity contribution in [1.29, 1.82) is 0 Å². The Balaban J connectivity index is 1.63. The van der Waals surface area contributed by atoms with Crippen LogP contribution in [0.4, 0.5) is 17.1 Å². The van der Waals surface area contributed by atoms with Gasteiger partial charge in [-0.05, 0) is 49.2 Å². The van der Waals surface area contributed by atoms with Gasteiger partial charge < -0.3 is 20.1 Å². The number of esters is 1. The van der Waals surface area contributed by atoms with Gasteiger partial charge in [0.15, 0.2) is 5.60 Å². The molecule has 0 aliphatic carbocycles. The van der Waals surface area contributed by atoms with E-state index in [1.165, 1.54) is 0 Å². The summed E-state index contributed by atoms with van der Waals surface area (Å²) in [5.41, 5.74) is 5.55. The minimum atomic E-state index is -1.14. The van der Waals surface area contributed by atoms with Crippen LogP contribution < -0.4 is 15.4 Å². The first-order chi connectivity index (χ1) is 18.1. The number of nitrogens with one attached hydrogen (secondary N) is 2. The highest BCUT2D eigenvalue weighted by molar-refractivity contribution is 6.05. The molecule has 2 heterocycles. The van der Waals surface area contributed by atoms with Crippen molar-refractivity contribution in [3.63, 3.8) is 0 Å². The lowest BCUT2D eigenvalue weighted by Gasteiger charge is -2.37. The summed E-state index contributed by atoms with van der Waals surface area (Å²) in [4.78, 5) is 13.9. The number of anilines is 3. The largest absolute Gasteiger partial charge is 0.456 e. The van der Waals surface area contributed by atoms with E-state index < -0.39 is 5.60 Å². The summed E-state index contributed by atoms with van der Waals surface area (Å²) in [6.45, 7) is 5.06. The molecule has 4 aromatic rings. The average Bonchev–Trinajstić information content (AvgIpc) is 3.23. The Kier molecular flexibility index (Phi) is 5.84. The summed E-state index contributed by atoms with van der Waals surface area (Å²) < 4.78 is 12.8. The number of carbonyl (C=O) groups excluding carboxylic acids is 1. The molecule has 0 saturated carbocycles. The molecule has 4 aromatic carbocycles. The number of aryl methyl sites for hydroxylation is 1. The molecular formula is C32H30N2O3. The first-order valence-corrected chi connectivity index (χ1v) is 13.0. The van der Waals surface area contributed by atoms with Crippen LogP contribution in [0.25, 0.3) is 0 Å². The minimum Gasteiger partial charge on any atom is -0.456 e. The second-order valence-corrected chi connectivity index (χ2v) is 9.66. The maximum atomic E-state index is 13.9. The fourth-order valence-electron chi connectivity index (χ4n) is 5.52. The van der Waals surface area contributed by atoms with Crippen LogP contribution in [-0.4, -0.2) is 12.5 Å². The molecule has 2 N–H and O–H groups in total. The predicted octanol–water partition coefficient (Wildman–Crippen LogP) is 7.91. The molecule has 0 amide bonds. The molecule has 1 spiro atoms. The van der Waals surface area contributed by atoms with Crippen LogP contribution in [0.3, 0.4) is 0 Å². The van der Waals surface area contributed by atoms with E-state index in [9.17, 15) is 4.79 Å². The number of para-hydroxylation sites is 3. The molecule has 0 atom stereocenters. The molecule has 0 fully saturated rings. The predicted molar refractivity (Wildman–Crippen MR) is 147 cm³/mol. The summed E-state index contributed by atoms with van der Waals surface area (Å²) >= 11 is 0. The zero-order valence-electron chi connectivity index (χ0n) is 21.1. The van der Waals surface area contributed by atoms with Crippen molar-refractivity contribution in [2.75, 3.05) is 17.2 Å². The van der Waals surface area contributed by atoms with Crippen molar-refractivity contribution >= 4 is 23.0 Å². The van der Waals surface area contributed by atoms with E-state index in [1.807, 2.05) is 78.9 Å². The highest BCUT2D eigenvalue weighted by Gasteiger charge is 2.56. The van der Waals surface area contributed by atoms with Gasteiger partial charge in [0.25, 0.3) is 0 Å². The van der Waals surface area contributed by atoms with Gasteiger partial charge in [-0.3, -0.25) is 0 Å². The number of carbonyl (C=O) groups is 1. The van der Waals surface area contributed by atoms with E-state index in [-0.39, 0.29) is 5.97 Å². The summed E-state index contributed by atoms with van der Waals surface area (Å²) in [6, 6.07) is 27.8. The van der Waals surface area contributed by atoms with Crippen molar-refractivity contribution < 1.29 is 14.3 Å². The van der Waals surface area contributed by atoms with Gasteiger partial charge in [0.1, 0.15) is 11.5 Å². The maximum Gasteiger partial charge on any atom is 0.342 e. The molecule has 2 aliphatic rings. The quantitative estimate of drug-likeness (QED) is 0.204. The molecule has 0 radical (unpaired) electrons. The number of fused-ring (bicyclic) bond motifs is 6. The topological polar surface area (TPSA) is 59.6 Å². The van der Waals surface area contributed by atoms with Gasteiger partial charge in [-0.25, -0.2) is 4.79 Å². The third-order valence-corrected chi connectivity index (χ3v) is 7.22. The number of benzene rings is 4. The molecule has 5 nitrogen and oxygen atoms in total. The van der Waals surface area contributed by atoms with E-state index in [0.717, 1.165) is 65.1 Å². The molecule has 37 heavy (non-hydrogen) atoms. The Labute approximate surface area is 217 Å². The first kappa shape index (κ1) is 23.2. The SMILES string of the molecule is CCCCCNc1cc(C)c(Nc2ccccc2)c2c1C(=O)OC21c2ccccc2Oc2ccccc21. The van der Waals surface area contributed by atoms with E-state index in [1.54, 1.807) is 0 Å². The Morgan fingerprint density at radius 1 is 0.838 bits per heavy atom. The molecule has 5 heteroatoms. The summed E-state index contributed by atoms with van der Waals surface area (Å²) in [5, 5.41) is 7.18. The minimum absolute atomic E-state index is 0.337. The van der Waals surface area contributed by atoms with Gasteiger partial charge in [0.05, 0.1) is 11.3 Å². The van der Waals surface area contributed by atoms with Crippen molar-refractivity contribution in [2.24, 2.45) is 0 Å². The van der Waals surface area contributed by atoms with E-state index in [2.05, 4.69) is 30.5 Å². The average molecular weight is 491 g/mol. The fraction of sp³-hybridized carbons (Fsp3) is 0.219. The smallest absolute Gasteiger partial charge is 0.342 e. The van der Waals surface area contributed by atoms with Gasteiger partial charge >= 0.3 is 5.97 Å². The molecule has 6 rings (SSSR count). The van der Waals surface area contributed by atoms with Crippen molar-refractivity contribution in [3.8, 4) is 11.5 Å². The Morgan fingerprint density at radius 2 is 1.49 bits per heavy atom. The fourth-order valence-corrected chi connectivity index (χ4v) is 5.52. The van der Waals surface area contributed by atoms with Crippen LogP contribution in [0.15, 0.2) is 84.9 Å². The lowest BCUT2D eigenvalue weighted by Crippen LogP contribution is -2.33. The van der Waals surface area contributed by atoms with Gasteiger partial charge in [0.2, 0.25) is 0 Å². The van der Waals surface area contributed by atoms with Crippen LogP contribution in [0.5, 0.6) is 11.5 Å². The van der Waals surface area contributed by atoms with Gasteiger partial charge in [-0.2, -0.15) is 0 Å². The summed E-state index contributed by atoms with van der Waals surface area (Å²) in [7, 11) is 0. The third-order valence-electron chi connectivity index (χ3n) is 7.22. The van der Waals surface area contributed by atoms with Crippen LogP contribution in [0, 0.1) is 6.92 Å². The molecule has 0 aromatic heterocycles. The van der Waals surface area contributed by atoms with Crippen molar-refractivity contribution in [1.82, 2.24) is 0 Å². The molecule has 2 aliphatic heterocycles. The van der Waals surface area contributed by atoms with Crippen molar-refractivity contribution in [2.45, 2.75) is 38.7 Å². The van der Waals surface area contributed by atoms with Crippen molar-refractivity contribution in [3.05, 3.63) is 113 Å². The Bertz CT molecular complexity index is 1430. The Morgan fingerprint density at radius 3 is 2.16 bits per heavy atom. The highest BCUT2D eigenvalue weighted by Crippen LogP contribution is 2.59. The molecule has 0 unspecified atom stereocenters. The van der Waals surface area contributed by atoms with Gasteiger partial charge in [-0.1, -0.05) is 74.4 Å². The molecule has 186 valence electrons. The lowest BCUT2D eigenvalue weighted by molar-refractivity contribution is 0.0226. The third kappa shape index (κ3) is 3.73. The van der Waals surface area contributed by atoms with E-state index >= 15 is 0 Å². The van der Waals surface area contributed by atoms with Gasteiger partial charge in [0, 0.05) is 34.6 Å². The second kappa shape index (κ2) is 9.32. The van der Waals surface area contributed by atoms with Crippen LogP contribution in [0.1, 0.15) is 58.8 Å². The zero-order valence-corrected chi connectivity index (χ0v) is 21.1. The number of unbranched alkanes of at least 4 members (excludes halogenated alkanes) is 2. The summed E-state index contributed by atoms with van der Waals surface area (Å²) in [6.07, 6.45) is 3.31. The molecular weight excluding hydrogens is 460 g/mol. The van der Waals surface area contributed by atoms with Crippen LogP contribution in [0.2, 0.25) is 0 Å². The van der Waals surface area contributed by atoms with Crippen LogP contribution in [-0.2, 0) is 10.3 Å². The molecule has 0 saturated heterocycles. The Hall–Kier alpha value is -4.25. The van der Waals surface area contributed by atoms with E-state index in [4.69, 9.17) is 9.47 Å². The standard InChI is InChI=1S/C32H30N2O3/c1-3-4-12-19-33-25-20-21(2)30(34-22-13-6-5-7-14-22)29-28(25)31(35)37-32(29)23-15-8-10-17-26(23)36-27-18-11-9-16-24(27)32/h5-11,13-18,20,33-34H,3-4,12,19H2,1-2H3. The van der Waals surface area contributed by atoms with Gasteiger partial charge in [-0.15, -0.1) is 0 Å².